The fourth-order valence-electron chi connectivity index (χ4n) is 4.72. The Morgan fingerprint density at radius 3 is 2.58 bits per heavy atom. The summed E-state index contributed by atoms with van der Waals surface area (Å²) < 4.78 is 26.3. The molecule has 1 atom stereocenters. The van der Waals surface area contributed by atoms with E-state index in [4.69, 9.17) is 9.47 Å². The highest BCUT2D eigenvalue weighted by Crippen LogP contribution is 2.36. The van der Waals surface area contributed by atoms with Gasteiger partial charge in [0.1, 0.15) is 23.5 Å². The zero-order valence-electron chi connectivity index (χ0n) is 20.5. The van der Waals surface area contributed by atoms with Crippen LogP contribution in [0.3, 0.4) is 0 Å². The number of rotatable bonds is 4. The number of fused-ring (bicyclic) bond motifs is 3. The second-order valence-electron chi connectivity index (χ2n) is 9.10. The number of aromatic nitrogens is 3. The lowest BCUT2D eigenvalue weighted by atomic mass is 10.1. The third kappa shape index (κ3) is 3.96. The quantitative estimate of drug-likeness (QED) is 0.363. The molecule has 0 radical (unpaired) electrons. The molecular weight excluding hydrogens is 537 g/mol. The number of anilines is 2. The molecule has 2 aliphatic rings. The van der Waals surface area contributed by atoms with Crippen molar-refractivity contribution in [3.63, 3.8) is 0 Å². The van der Waals surface area contributed by atoms with Gasteiger partial charge in [-0.15, -0.1) is 5.10 Å². The van der Waals surface area contributed by atoms with E-state index in [0.29, 0.717) is 39.2 Å². The van der Waals surface area contributed by atoms with Gasteiger partial charge in [0.15, 0.2) is 23.4 Å². The molecular formula is C28H18FN5O5S. The average Bonchev–Trinajstić information content (AvgIpc) is 3.60. The topological polar surface area (TPSA) is 115 Å². The van der Waals surface area contributed by atoms with Gasteiger partial charge in [-0.25, -0.2) is 4.39 Å². The minimum atomic E-state index is -0.596. The van der Waals surface area contributed by atoms with Crippen molar-refractivity contribution in [1.29, 1.82) is 0 Å². The molecule has 7 rings (SSSR count). The molecule has 40 heavy (non-hydrogen) atoms. The smallest absolute Gasteiger partial charge is 0.291 e. The van der Waals surface area contributed by atoms with E-state index in [-0.39, 0.29) is 23.3 Å². The van der Waals surface area contributed by atoms with E-state index >= 15 is 0 Å². The van der Waals surface area contributed by atoms with E-state index in [1.807, 2.05) is 12.1 Å². The van der Waals surface area contributed by atoms with Crippen LogP contribution in [0, 0.1) is 5.82 Å². The Morgan fingerprint density at radius 2 is 1.77 bits per heavy atom. The number of ether oxygens (including phenoxy) is 2. The van der Waals surface area contributed by atoms with E-state index in [1.54, 1.807) is 36.4 Å². The number of nitrogens with one attached hydrogen (secondary N) is 1. The molecule has 1 unspecified atom stereocenters. The van der Waals surface area contributed by atoms with Gasteiger partial charge in [-0.1, -0.05) is 41.7 Å². The summed E-state index contributed by atoms with van der Waals surface area (Å²) in [5, 5.41) is 7.03. The molecule has 0 fully saturated rings. The molecule has 4 heterocycles. The maximum atomic E-state index is 13.6. The van der Waals surface area contributed by atoms with Crippen molar-refractivity contribution in [2.45, 2.75) is 6.10 Å². The summed E-state index contributed by atoms with van der Waals surface area (Å²) in [7, 11) is 0. The minimum Gasteiger partial charge on any atom is -0.485 e. The Hall–Kier alpha value is -5.10. The van der Waals surface area contributed by atoms with Crippen LogP contribution in [-0.4, -0.2) is 39.6 Å². The molecule has 2 amide bonds. The minimum absolute atomic E-state index is 0.173. The highest BCUT2D eigenvalue weighted by atomic mass is 32.1. The van der Waals surface area contributed by atoms with Gasteiger partial charge >= 0.3 is 0 Å². The summed E-state index contributed by atoms with van der Waals surface area (Å²) >= 11 is 1.04. The van der Waals surface area contributed by atoms with E-state index in [1.165, 1.54) is 29.2 Å². The SMILES string of the molecule is O=C(CN1C(=O)C(=c2sc3nc(C4COc5ccccc5O4)nn3c2=O)c2ccccc21)Nc1ccc(F)cc1. The van der Waals surface area contributed by atoms with Crippen molar-refractivity contribution in [2.24, 2.45) is 0 Å². The summed E-state index contributed by atoms with van der Waals surface area (Å²) in [4.78, 5) is 46.0. The van der Waals surface area contributed by atoms with Crippen LogP contribution in [0.15, 0.2) is 77.6 Å². The molecule has 2 aliphatic heterocycles. The summed E-state index contributed by atoms with van der Waals surface area (Å²) in [6.07, 6.45) is -0.596. The molecule has 12 heteroatoms. The van der Waals surface area contributed by atoms with Crippen molar-refractivity contribution >= 4 is 45.1 Å². The predicted octanol–water partition coefficient (Wildman–Crippen LogP) is 2.71. The molecule has 0 saturated heterocycles. The Kier molecular flexibility index (Phi) is 5.56. The summed E-state index contributed by atoms with van der Waals surface area (Å²) in [6.45, 7) is -0.107. The Bertz CT molecular complexity index is 1940. The van der Waals surface area contributed by atoms with Crippen molar-refractivity contribution < 1.29 is 23.5 Å². The van der Waals surface area contributed by atoms with Crippen molar-refractivity contribution in [3.8, 4) is 11.5 Å². The molecule has 5 aromatic rings. The van der Waals surface area contributed by atoms with Gasteiger partial charge in [-0.3, -0.25) is 19.3 Å². The van der Waals surface area contributed by atoms with E-state index in [2.05, 4.69) is 15.4 Å². The number of para-hydroxylation sites is 3. The number of thiazole rings is 1. The Balaban J connectivity index is 1.22. The second-order valence-corrected chi connectivity index (χ2v) is 10.1. The molecule has 1 N–H and O–H groups in total. The largest absolute Gasteiger partial charge is 0.485 e. The van der Waals surface area contributed by atoms with Gasteiger partial charge < -0.3 is 14.8 Å². The van der Waals surface area contributed by atoms with Crippen LogP contribution in [0.5, 0.6) is 11.5 Å². The van der Waals surface area contributed by atoms with Gasteiger partial charge in [0.2, 0.25) is 10.9 Å². The lowest BCUT2D eigenvalue weighted by Gasteiger charge is -2.24. The number of carbonyl (C=O) groups excluding carboxylic acids is 2. The maximum Gasteiger partial charge on any atom is 0.291 e. The van der Waals surface area contributed by atoms with E-state index < -0.39 is 29.3 Å². The van der Waals surface area contributed by atoms with Crippen LogP contribution < -0.4 is 29.8 Å². The third-order valence-corrected chi connectivity index (χ3v) is 7.58. The van der Waals surface area contributed by atoms with E-state index in [0.717, 1.165) is 15.9 Å². The lowest BCUT2D eigenvalue weighted by molar-refractivity contribution is -0.118. The molecule has 3 aromatic carbocycles. The van der Waals surface area contributed by atoms with Crippen LogP contribution in [0.4, 0.5) is 15.8 Å². The van der Waals surface area contributed by atoms with Crippen LogP contribution >= 0.6 is 11.3 Å². The first kappa shape index (κ1) is 24.0. The van der Waals surface area contributed by atoms with Crippen LogP contribution in [0.25, 0.3) is 10.5 Å². The van der Waals surface area contributed by atoms with Crippen molar-refractivity contribution in [3.05, 3.63) is 105 Å². The zero-order chi connectivity index (χ0) is 27.4. The number of hydrogen-bond donors (Lipinski definition) is 1. The summed E-state index contributed by atoms with van der Waals surface area (Å²) in [6, 6.07) is 19.5. The van der Waals surface area contributed by atoms with Crippen molar-refractivity contribution in [2.75, 3.05) is 23.4 Å². The average molecular weight is 556 g/mol. The molecule has 198 valence electrons. The fraction of sp³-hybridized carbons (Fsp3) is 0.107. The number of amides is 2. The normalized spacial score (nSPS) is 17.3. The highest BCUT2D eigenvalue weighted by molar-refractivity contribution is 7.15. The highest BCUT2D eigenvalue weighted by Gasteiger charge is 2.36. The van der Waals surface area contributed by atoms with Crippen molar-refractivity contribution in [1.82, 2.24) is 14.6 Å². The van der Waals surface area contributed by atoms with Gasteiger partial charge in [0, 0.05) is 11.3 Å². The Morgan fingerprint density at radius 1 is 1.02 bits per heavy atom. The van der Waals surface area contributed by atoms with Gasteiger partial charge in [-0.2, -0.15) is 9.50 Å². The van der Waals surface area contributed by atoms with Gasteiger partial charge in [0.05, 0.1) is 11.3 Å². The van der Waals surface area contributed by atoms with Crippen LogP contribution in [0.1, 0.15) is 17.5 Å². The summed E-state index contributed by atoms with van der Waals surface area (Å²) in [5.74, 6) is 0.0964. The van der Waals surface area contributed by atoms with Crippen LogP contribution in [-0.2, 0) is 9.59 Å². The molecule has 2 aromatic heterocycles. The zero-order valence-corrected chi connectivity index (χ0v) is 21.4. The standard InChI is InChI=1S/C28H18FN5O5S/c29-15-9-11-16(12-10-15)30-22(35)13-33-18-6-2-1-5-17(18)23(26(33)36)24-27(37)34-28(40-24)31-25(32-34)21-14-38-19-7-3-4-8-20(19)39-21/h1-12,21H,13-14H2,(H,30,35). The number of halogens is 1. The third-order valence-electron chi connectivity index (χ3n) is 6.55. The first-order valence-electron chi connectivity index (χ1n) is 12.3. The number of benzene rings is 3. The number of nitrogens with zero attached hydrogens (tertiary/aromatic N) is 4. The summed E-state index contributed by atoms with van der Waals surface area (Å²) in [5.41, 5.74) is 1.12. The first-order valence-corrected chi connectivity index (χ1v) is 13.1. The molecule has 10 nitrogen and oxygen atoms in total. The fourth-order valence-corrected chi connectivity index (χ4v) is 5.72. The second kappa shape index (κ2) is 9.27. The van der Waals surface area contributed by atoms with Gasteiger partial charge in [0.25, 0.3) is 11.5 Å². The molecule has 0 bridgehead atoms. The lowest BCUT2D eigenvalue weighted by Crippen LogP contribution is -2.37. The van der Waals surface area contributed by atoms with Gasteiger partial charge in [-0.05, 0) is 42.5 Å². The monoisotopic (exact) mass is 555 g/mol. The molecule has 0 saturated carbocycles. The maximum absolute atomic E-state index is 13.6. The molecule has 0 aliphatic carbocycles. The predicted molar refractivity (Wildman–Crippen MR) is 144 cm³/mol. The number of hydrogen-bond acceptors (Lipinski definition) is 8. The number of carbonyl (C=O) groups is 2. The van der Waals surface area contributed by atoms with Crippen LogP contribution in [0.2, 0.25) is 0 Å². The Labute approximate surface area is 228 Å². The van der Waals surface area contributed by atoms with E-state index in [9.17, 15) is 18.8 Å². The first-order chi connectivity index (χ1) is 19.5. The molecule has 0 spiro atoms.